The van der Waals surface area contributed by atoms with Crippen molar-refractivity contribution in [2.24, 2.45) is 0 Å². The van der Waals surface area contributed by atoms with Gasteiger partial charge in [-0.1, -0.05) is 0 Å². The molecule has 2 bridgehead atoms. The molecule has 2 unspecified atom stereocenters. The molecule has 0 aromatic rings. The largest absolute Gasteiger partial charge is 0.333 e. The van der Waals surface area contributed by atoms with Crippen LogP contribution in [0.4, 0.5) is 4.79 Å². The molecule has 2 atom stereocenters. The van der Waals surface area contributed by atoms with Crippen molar-refractivity contribution in [2.75, 3.05) is 13.6 Å². The van der Waals surface area contributed by atoms with Crippen molar-refractivity contribution < 1.29 is 9.59 Å². The molecule has 2 saturated heterocycles. The van der Waals surface area contributed by atoms with Crippen LogP contribution in [0.15, 0.2) is 0 Å². The number of halogens is 1. The molecule has 2 aliphatic rings. The van der Waals surface area contributed by atoms with Gasteiger partial charge < -0.3 is 10.6 Å². The Kier molecular flexibility index (Phi) is 6.65. The van der Waals surface area contributed by atoms with Gasteiger partial charge in [-0.25, -0.2) is 4.79 Å². The number of fused-ring (bicyclic) bond motifs is 2. The lowest BCUT2D eigenvalue weighted by molar-refractivity contribution is -0.121. The van der Waals surface area contributed by atoms with Crippen LogP contribution >= 0.6 is 12.4 Å². The normalized spacial score (nSPS) is 27.2. The number of hydrogen-bond acceptors (Lipinski definition) is 4. The van der Waals surface area contributed by atoms with Crippen LogP contribution < -0.4 is 16.0 Å². The highest BCUT2D eigenvalue weighted by Crippen LogP contribution is 2.29. The number of imide groups is 1. The monoisotopic (exact) mass is 332 g/mol. The number of urea groups is 1. The zero-order valence-electron chi connectivity index (χ0n) is 13.9. The molecule has 3 amide bonds. The Morgan fingerprint density at radius 1 is 1.18 bits per heavy atom. The van der Waals surface area contributed by atoms with Crippen LogP contribution in [0.1, 0.15) is 46.5 Å². The second kappa shape index (κ2) is 7.62. The van der Waals surface area contributed by atoms with Gasteiger partial charge in [0.2, 0.25) is 5.91 Å². The van der Waals surface area contributed by atoms with E-state index >= 15 is 0 Å². The van der Waals surface area contributed by atoms with Crippen molar-refractivity contribution in [3.05, 3.63) is 0 Å². The summed E-state index contributed by atoms with van der Waals surface area (Å²) in [7, 11) is 1.97. The van der Waals surface area contributed by atoms with E-state index in [9.17, 15) is 9.59 Å². The van der Waals surface area contributed by atoms with Gasteiger partial charge in [0.1, 0.15) is 0 Å². The summed E-state index contributed by atoms with van der Waals surface area (Å²) in [6.45, 7) is 5.91. The van der Waals surface area contributed by atoms with Gasteiger partial charge in [-0.2, -0.15) is 0 Å². The molecular formula is C15H29ClN4O2. The molecule has 2 fully saturated rings. The van der Waals surface area contributed by atoms with Crippen molar-refractivity contribution in [1.29, 1.82) is 0 Å². The van der Waals surface area contributed by atoms with Crippen LogP contribution in [-0.4, -0.2) is 54.1 Å². The lowest BCUT2D eigenvalue weighted by Gasteiger charge is -2.35. The van der Waals surface area contributed by atoms with Crippen LogP contribution in [0.25, 0.3) is 0 Å². The van der Waals surface area contributed by atoms with Gasteiger partial charge in [-0.05, 0) is 53.5 Å². The van der Waals surface area contributed by atoms with E-state index in [0.717, 1.165) is 12.8 Å². The Bertz CT molecular complexity index is 399. The molecule has 0 saturated carbocycles. The Labute approximate surface area is 139 Å². The molecule has 2 aliphatic heterocycles. The van der Waals surface area contributed by atoms with Gasteiger partial charge in [0.25, 0.3) is 0 Å². The molecule has 0 aliphatic carbocycles. The lowest BCUT2D eigenvalue weighted by Crippen LogP contribution is -2.52. The fourth-order valence-electron chi connectivity index (χ4n) is 3.28. The van der Waals surface area contributed by atoms with E-state index in [0.29, 0.717) is 18.1 Å². The first kappa shape index (κ1) is 19.2. The number of nitrogens with one attached hydrogen (secondary N) is 3. The van der Waals surface area contributed by atoms with Crippen LogP contribution in [0.5, 0.6) is 0 Å². The molecule has 2 heterocycles. The predicted molar refractivity (Wildman–Crippen MR) is 89.3 cm³/mol. The first-order valence-electron chi connectivity index (χ1n) is 7.81. The third-order valence-corrected chi connectivity index (χ3v) is 4.21. The second-order valence-electron chi connectivity index (χ2n) is 7.43. The second-order valence-corrected chi connectivity index (χ2v) is 7.43. The van der Waals surface area contributed by atoms with Crippen LogP contribution in [0.3, 0.4) is 0 Å². The maximum Gasteiger partial charge on any atom is 0.321 e. The summed E-state index contributed by atoms with van der Waals surface area (Å²) in [5, 5.41) is 8.72. The molecule has 128 valence electrons. The number of rotatable bonds is 3. The first-order valence-corrected chi connectivity index (χ1v) is 7.81. The summed E-state index contributed by atoms with van der Waals surface area (Å²) in [5.74, 6) is -0.245. The minimum atomic E-state index is -0.425. The molecule has 0 spiro atoms. The highest BCUT2D eigenvalue weighted by Gasteiger charge is 2.35. The number of carbonyl (C=O) groups is 2. The Balaban J connectivity index is 0.00000242. The minimum absolute atomic E-state index is 0. The Hall–Kier alpha value is -0.850. The van der Waals surface area contributed by atoms with E-state index in [2.05, 4.69) is 20.9 Å². The van der Waals surface area contributed by atoms with E-state index in [4.69, 9.17) is 0 Å². The summed E-state index contributed by atoms with van der Waals surface area (Å²) < 4.78 is 0. The van der Waals surface area contributed by atoms with E-state index in [1.807, 2.05) is 27.8 Å². The van der Waals surface area contributed by atoms with E-state index in [1.54, 1.807) is 0 Å². The van der Waals surface area contributed by atoms with Crippen molar-refractivity contribution in [3.63, 3.8) is 0 Å². The number of piperidine rings is 1. The average molecular weight is 333 g/mol. The lowest BCUT2D eigenvalue weighted by atomic mass is 9.98. The van der Waals surface area contributed by atoms with Crippen LogP contribution in [0.2, 0.25) is 0 Å². The Morgan fingerprint density at radius 3 is 2.23 bits per heavy atom. The number of likely N-dealkylation sites (N-methyl/N-ethyl adjacent to an activating group) is 1. The minimum Gasteiger partial charge on any atom is -0.333 e. The van der Waals surface area contributed by atoms with Gasteiger partial charge in [-0.3, -0.25) is 15.0 Å². The zero-order valence-corrected chi connectivity index (χ0v) is 14.8. The summed E-state index contributed by atoms with van der Waals surface area (Å²) in [4.78, 5) is 25.7. The quantitative estimate of drug-likeness (QED) is 0.727. The third kappa shape index (κ3) is 5.74. The highest BCUT2D eigenvalue weighted by molar-refractivity contribution is 5.95. The highest BCUT2D eigenvalue weighted by atomic mass is 35.5. The van der Waals surface area contributed by atoms with Gasteiger partial charge in [0.15, 0.2) is 0 Å². The van der Waals surface area contributed by atoms with Gasteiger partial charge >= 0.3 is 6.03 Å². The number of amides is 3. The van der Waals surface area contributed by atoms with Crippen molar-refractivity contribution in [3.8, 4) is 0 Å². The smallest absolute Gasteiger partial charge is 0.321 e. The molecule has 22 heavy (non-hydrogen) atoms. The molecule has 0 radical (unpaired) electrons. The topological polar surface area (TPSA) is 73.5 Å². The van der Waals surface area contributed by atoms with Crippen LogP contribution in [-0.2, 0) is 4.79 Å². The maximum atomic E-state index is 11.9. The molecular weight excluding hydrogens is 304 g/mol. The SMILES string of the molecule is CN(CC(=O)NC(=O)NC(C)(C)C)C1CC2CCC(C1)N2.Cl. The van der Waals surface area contributed by atoms with Crippen LogP contribution in [0, 0.1) is 0 Å². The van der Waals surface area contributed by atoms with Gasteiger partial charge in [0, 0.05) is 23.7 Å². The number of nitrogens with zero attached hydrogens (tertiary/aromatic N) is 1. The molecule has 6 nitrogen and oxygen atoms in total. The van der Waals surface area contributed by atoms with Gasteiger partial charge in [-0.15, -0.1) is 12.4 Å². The maximum absolute atomic E-state index is 11.9. The third-order valence-electron chi connectivity index (χ3n) is 4.21. The first-order chi connectivity index (χ1) is 9.73. The van der Waals surface area contributed by atoms with Crippen molar-refractivity contribution in [1.82, 2.24) is 20.9 Å². The summed E-state index contributed by atoms with van der Waals surface area (Å²) >= 11 is 0. The van der Waals surface area contributed by atoms with E-state index in [-0.39, 0.29) is 30.4 Å². The van der Waals surface area contributed by atoms with Crippen molar-refractivity contribution >= 4 is 24.3 Å². The standard InChI is InChI=1S/C15H28N4O2.ClH/c1-15(2,3)18-14(21)17-13(20)9-19(4)12-7-10-5-6-11(8-12)16-10;/h10-12,16H,5-9H2,1-4H3,(H2,17,18,20,21);1H. The Morgan fingerprint density at radius 2 is 1.73 bits per heavy atom. The predicted octanol–water partition coefficient (Wildman–Crippen LogP) is 1.25. The molecule has 7 heteroatoms. The number of carbonyl (C=O) groups excluding carboxylic acids is 2. The number of hydrogen-bond donors (Lipinski definition) is 3. The van der Waals surface area contributed by atoms with Gasteiger partial charge in [0.05, 0.1) is 6.54 Å². The summed E-state index contributed by atoms with van der Waals surface area (Å²) in [5.41, 5.74) is -0.343. The van der Waals surface area contributed by atoms with E-state index in [1.165, 1.54) is 12.8 Å². The molecule has 2 rings (SSSR count). The van der Waals surface area contributed by atoms with Crippen molar-refractivity contribution in [2.45, 2.75) is 70.1 Å². The molecule has 0 aromatic heterocycles. The fraction of sp³-hybridized carbons (Fsp3) is 0.867. The zero-order chi connectivity index (χ0) is 15.6. The summed E-state index contributed by atoms with van der Waals surface area (Å²) in [6.07, 6.45) is 4.67. The summed E-state index contributed by atoms with van der Waals surface area (Å²) in [6, 6.07) is 1.21. The molecule has 3 N–H and O–H groups in total. The average Bonchev–Trinajstić information content (AvgIpc) is 2.65. The molecule has 0 aromatic carbocycles. The van der Waals surface area contributed by atoms with E-state index < -0.39 is 6.03 Å². The fourth-order valence-corrected chi connectivity index (χ4v) is 3.28.